The molecule has 1 N–H and O–H groups in total. The summed E-state index contributed by atoms with van der Waals surface area (Å²) in [4.78, 5) is 4.56. The van der Waals surface area contributed by atoms with Crippen molar-refractivity contribution < 1.29 is 5.11 Å². The van der Waals surface area contributed by atoms with E-state index in [1.807, 2.05) is 12.3 Å². The van der Waals surface area contributed by atoms with Crippen LogP contribution in [0.2, 0.25) is 0 Å². The largest absolute Gasteiger partial charge is 0.393 e. The fourth-order valence-corrected chi connectivity index (χ4v) is 8.74. The Balaban J connectivity index is 1.31. The maximum Gasteiger partial charge on any atom is 0.0577 e. The van der Waals surface area contributed by atoms with E-state index in [1.54, 1.807) is 5.57 Å². The van der Waals surface area contributed by atoms with Gasteiger partial charge in [0.1, 0.15) is 0 Å². The topological polar surface area (TPSA) is 33.1 Å². The number of aliphatic hydroxyl groups is 1. The monoisotopic (exact) mass is 407 g/mol. The molecule has 164 valence electrons. The van der Waals surface area contributed by atoms with Crippen LogP contribution in [0, 0.1) is 40.4 Å². The molecule has 1 heterocycles. The van der Waals surface area contributed by atoms with Crippen molar-refractivity contribution in [3.05, 3.63) is 41.7 Å². The molecule has 3 saturated carbocycles. The molecule has 0 spiro atoms. The number of hydrogen-bond acceptors (Lipinski definition) is 2. The third kappa shape index (κ3) is 3.29. The van der Waals surface area contributed by atoms with E-state index in [1.165, 1.54) is 50.6 Å². The number of nitrogens with zero attached hydrogens (tertiary/aromatic N) is 1. The summed E-state index contributed by atoms with van der Waals surface area (Å²) in [6, 6.07) is 6.33. The Labute approximate surface area is 183 Å². The molecule has 0 saturated heterocycles. The van der Waals surface area contributed by atoms with Gasteiger partial charge < -0.3 is 5.11 Å². The maximum atomic E-state index is 10.2. The van der Waals surface area contributed by atoms with E-state index in [9.17, 15) is 5.11 Å². The number of aromatic nitrogens is 1. The lowest BCUT2D eigenvalue weighted by molar-refractivity contribution is -0.0571. The number of hydrogen-bond donors (Lipinski definition) is 1. The number of pyridine rings is 1. The van der Waals surface area contributed by atoms with Crippen LogP contribution in [0.25, 0.3) is 0 Å². The summed E-state index contributed by atoms with van der Waals surface area (Å²) in [6.45, 7) is 7.73. The Morgan fingerprint density at radius 1 is 1.10 bits per heavy atom. The zero-order valence-corrected chi connectivity index (χ0v) is 19.3. The van der Waals surface area contributed by atoms with Gasteiger partial charge in [-0.3, -0.25) is 4.98 Å². The van der Waals surface area contributed by atoms with Gasteiger partial charge in [0.2, 0.25) is 0 Å². The molecular formula is C28H41NO. The van der Waals surface area contributed by atoms with Gasteiger partial charge >= 0.3 is 0 Å². The van der Waals surface area contributed by atoms with Gasteiger partial charge in [0, 0.05) is 11.9 Å². The summed E-state index contributed by atoms with van der Waals surface area (Å²) in [6.07, 6.45) is 16.9. The number of fused-ring (bicyclic) bond motifs is 5. The zero-order valence-electron chi connectivity index (χ0n) is 19.3. The first-order valence-electron chi connectivity index (χ1n) is 12.7. The Morgan fingerprint density at radius 3 is 2.77 bits per heavy atom. The molecule has 2 nitrogen and oxygen atoms in total. The van der Waals surface area contributed by atoms with Crippen LogP contribution < -0.4 is 0 Å². The average Bonchev–Trinajstić information content (AvgIpc) is 3.10. The molecule has 8 atom stereocenters. The molecule has 2 heteroatoms. The van der Waals surface area contributed by atoms with Crippen LogP contribution in [0.4, 0.5) is 0 Å². The third-order valence-corrected chi connectivity index (χ3v) is 10.4. The van der Waals surface area contributed by atoms with Crippen molar-refractivity contribution in [3.8, 4) is 0 Å². The minimum atomic E-state index is -0.0921. The molecule has 0 aliphatic heterocycles. The minimum Gasteiger partial charge on any atom is -0.393 e. The molecule has 1 aromatic rings. The number of aryl methyl sites for hydroxylation is 1. The van der Waals surface area contributed by atoms with Gasteiger partial charge in [-0.15, -0.1) is 0 Å². The minimum absolute atomic E-state index is 0.0921. The summed E-state index contributed by atoms with van der Waals surface area (Å²) in [5.74, 6) is 4.29. The summed E-state index contributed by atoms with van der Waals surface area (Å²) in [5, 5.41) is 10.2. The van der Waals surface area contributed by atoms with Gasteiger partial charge in [0.15, 0.2) is 0 Å². The van der Waals surface area contributed by atoms with E-state index in [4.69, 9.17) is 0 Å². The average molecular weight is 408 g/mol. The third-order valence-electron chi connectivity index (χ3n) is 10.4. The Hall–Kier alpha value is -1.15. The highest BCUT2D eigenvalue weighted by Gasteiger charge is 2.59. The second-order valence-corrected chi connectivity index (χ2v) is 11.7. The molecule has 0 aromatic carbocycles. The fraction of sp³-hybridized carbons (Fsp3) is 0.750. The second kappa shape index (κ2) is 7.76. The normalized spacial score (nSPS) is 43.9. The fourth-order valence-electron chi connectivity index (χ4n) is 8.74. The lowest BCUT2D eigenvalue weighted by atomic mass is 9.47. The lowest BCUT2D eigenvalue weighted by Gasteiger charge is -2.58. The van der Waals surface area contributed by atoms with Crippen LogP contribution in [0.15, 0.2) is 36.0 Å². The molecule has 1 aromatic heterocycles. The zero-order chi connectivity index (χ0) is 20.9. The van der Waals surface area contributed by atoms with Crippen molar-refractivity contribution in [3.63, 3.8) is 0 Å². The van der Waals surface area contributed by atoms with Gasteiger partial charge in [-0.25, -0.2) is 0 Å². The Morgan fingerprint density at radius 2 is 1.97 bits per heavy atom. The highest BCUT2D eigenvalue weighted by molar-refractivity contribution is 5.25. The number of allylic oxidation sites excluding steroid dienone is 1. The van der Waals surface area contributed by atoms with Crippen molar-refractivity contribution in [2.75, 3.05) is 0 Å². The molecule has 0 bridgehead atoms. The molecule has 4 aliphatic rings. The lowest BCUT2D eigenvalue weighted by Crippen LogP contribution is -2.50. The highest BCUT2D eigenvalue weighted by atomic mass is 16.3. The van der Waals surface area contributed by atoms with Crippen molar-refractivity contribution in [1.82, 2.24) is 4.98 Å². The molecule has 3 fully saturated rings. The van der Waals surface area contributed by atoms with E-state index in [-0.39, 0.29) is 6.10 Å². The van der Waals surface area contributed by atoms with Crippen LogP contribution in [0.1, 0.15) is 84.3 Å². The molecule has 5 rings (SSSR count). The van der Waals surface area contributed by atoms with Crippen LogP contribution in [0.5, 0.6) is 0 Å². The molecule has 30 heavy (non-hydrogen) atoms. The van der Waals surface area contributed by atoms with Crippen molar-refractivity contribution in [1.29, 1.82) is 0 Å². The molecule has 1 unspecified atom stereocenters. The van der Waals surface area contributed by atoms with E-state index >= 15 is 0 Å². The predicted octanol–water partition coefficient (Wildman–Crippen LogP) is 6.59. The SMILES string of the molecule is CC(CCc1ccccn1)[C@H]1CC[C@H]2[C@@H]3CC=C4C[C@@H](O)CC[C@]4(C)[C@H]3CC[C@]12C. The molecule has 0 radical (unpaired) electrons. The summed E-state index contributed by atoms with van der Waals surface area (Å²) in [7, 11) is 0. The Bertz CT molecular complexity index is 787. The predicted molar refractivity (Wildman–Crippen MR) is 123 cm³/mol. The smallest absolute Gasteiger partial charge is 0.0577 e. The van der Waals surface area contributed by atoms with E-state index in [0.717, 1.165) is 48.9 Å². The van der Waals surface area contributed by atoms with Gasteiger partial charge in [-0.1, -0.05) is 38.5 Å². The van der Waals surface area contributed by atoms with Crippen LogP contribution in [-0.4, -0.2) is 16.2 Å². The standard InChI is InChI=1S/C28H41NO/c1-19(7-9-21-6-4-5-17-29-21)24-11-12-25-23-10-8-20-18-22(30)13-15-27(20,2)26(23)14-16-28(24,25)3/h4-6,8,17,19,22-26,30H,7,9-16,18H2,1-3H3/t19?,22-,23-,24+,25-,26-,27-,28+/m0/s1. The first-order chi connectivity index (χ1) is 14.4. The summed E-state index contributed by atoms with van der Waals surface area (Å²) >= 11 is 0. The first kappa shape index (κ1) is 20.7. The first-order valence-corrected chi connectivity index (χ1v) is 12.7. The van der Waals surface area contributed by atoms with Gasteiger partial charge in [0.05, 0.1) is 6.10 Å². The second-order valence-electron chi connectivity index (χ2n) is 11.7. The van der Waals surface area contributed by atoms with E-state index in [0.29, 0.717) is 10.8 Å². The number of rotatable bonds is 4. The van der Waals surface area contributed by atoms with Crippen LogP contribution >= 0.6 is 0 Å². The van der Waals surface area contributed by atoms with Crippen molar-refractivity contribution >= 4 is 0 Å². The van der Waals surface area contributed by atoms with Gasteiger partial charge in [0.25, 0.3) is 0 Å². The van der Waals surface area contributed by atoms with Gasteiger partial charge in [-0.05, 0) is 117 Å². The van der Waals surface area contributed by atoms with Gasteiger partial charge in [-0.2, -0.15) is 0 Å². The maximum absolute atomic E-state index is 10.2. The van der Waals surface area contributed by atoms with E-state index in [2.05, 4.69) is 44.0 Å². The van der Waals surface area contributed by atoms with Crippen molar-refractivity contribution in [2.24, 2.45) is 40.4 Å². The molecule has 0 amide bonds. The molecule has 4 aliphatic carbocycles. The summed E-state index contributed by atoms with van der Waals surface area (Å²) in [5.41, 5.74) is 3.75. The quantitative estimate of drug-likeness (QED) is 0.571. The number of aliphatic hydroxyl groups excluding tert-OH is 1. The highest BCUT2D eigenvalue weighted by Crippen LogP contribution is 2.67. The van der Waals surface area contributed by atoms with Crippen LogP contribution in [-0.2, 0) is 6.42 Å². The van der Waals surface area contributed by atoms with Crippen LogP contribution in [0.3, 0.4) is 0 Å². The van der Waals surface area contributed by atoms with E-state index < -0.39 is 0 Å². The van der Waals surface area contributed by atoms with Crippen molar-refractivity contribution in [2.45, 2.75) is 91.1 Å². The summed E-state index contributed by atoms with van der Waals surface area (Å²) < 4.78 is 0. The Kier molecular flexibility index (Phi) is 5.37. The molecular weight excluding hydrogens is 366 g/mol.